The number of hydrogen-bond acceptors (Lipinski definition) is 8. The highest BCUT2D eigenvalue weighted by molar-refractivity contribution is 5.83. The van der Waals surface area contributed by atoms with Crippen molar-refractivity contribution < 1.29 is 14.3 Å². The average Bonchev–Trinajstić information content (AvgIpc) is 3.14. The Hall–Kier alpha value is -3.43. The molecule has 2 aliphatic rings. The topological polar surface area (TPSA) is 104 Å². The molecule has 0 bridgehead atoms. The van der Waals surface area contributed by atoms with Gasteiger partial charge in [0.25, 0.3) is 0 Å². The number of ether oxygens (including phenoxy) is 1. The fraction of sp³-hybridized carbons (Fsp3) is 0.389. The van der Waals surface area contributed by atoms with Gasteiger partial charge in [-0.3, -0.25) is 14.7 Å². The summed E-state index contributed by atoms with van der Waals surface area (Å²) in [4.78, 5) is 33.2. The van der Waals surface area contributed by atoms with Gasteiger partial charge in [0, 0.05) is 32.4 Å². The van der Waals surface area contributed by atoms with Crippen molar-refractivity contribution in [1.82, 2.24) is 25.0 Å². The quantitative estimate of drug-likeness (QED) is 0.805. The van der Waals surface area contributed by atoms with E-state index in [-0.39, 0.29) is 12.5 Å². The number of aromatic nitrogens is 3. The molecule has 10 nitrogen and oxygen atoms in total. The van der Waals surface area contributed by atoms with Crippen LogP contribution in [0.15, 0.2) is 36.7 Å². The summed E-state index contributed by atoms with van der Waals surface area (Å²) < 4.78 is 4.86. The minimum Gasteiger partial charge on any atom is -0.448 e. The average molecular weight is 383 g/mol. The van der Waals surface area contributed by atoms with Crippen molar-refractivity contribution >= 4 is 29.3 Å². The van der Waals surface area contributed by atoms with Crippen molar-refractivity contribution in [2.75, 3.05) is 56.1 Å². The summed E-state index contributed by atoms with van der Waals surface area (Å²) in [6.45, 7) is 3.40. The lowest BCUT2D eigenvalue weighted by Gasteiger charge is -2.35. The smallest absolute Gasteiger partial charge is 0.410 e. The summed E-state index contributed by atoms with van der Waals surface area (Å²) in [5, 5.41) is 11.6. The van der Waals surface area contributed by atoms with Gasteiger partial charge in [-0.2, -0.15) is 0 Å². The first-order chi connectivity index (χ1) is 13.7. The third kappa shape index (κ3) is 4.11. The second-order valence-corrected chi connectivity index (χ2v) is 6.55. The van der Waals surface area contributed by atoms with Gasteiger partial charge in [-0.15, -0.1) is 10.2 Å². The van der Waals surface area contributed by atoms with E-state index in [1.807, 2.05) is 24.3 Å². The molecule has 0 radical (unpaired) electrons. The van der Waals surface area contributed by atoms with Crippen LogP contribution in [0.4, 0.5) is 22.1 Å². The lowest BCUT2D eigenvalue weighted by molar-refractivity contribution is -0.132. The molecular formula is C18H21N7O3. The zero-order valence-electron chi connectivity index (χ0n) is 15.3. The highest BCUT2D eigenvalue weighted by Gasteiger charge is 2.28. The fourth-order valence-corrected chi connectivity index (χ4v) is 3.16. The van der Waals surface area contributed by atoms with E-state index in [9.17, 15) is 9.59 Å². The SMILES string of the molecule is O=C(CN1CCOC1=O)N1CCN(c2ccc(Nc3cccnc3)nn2)CC1. The largest absolute Gasteiger partial charge is 0.448 e. The summed E-state index contributed by atoms with van der Waals surface area (Å²) in [5.41, 5.74) is 0.846. The van der Waals surface area contributed by atoms with E-state index in [2.05, 4.69) is 25.4 Å². The maximum atomic E-state index is 12.4. The van der Waals surface area contributed by atoms with E-state index >= 15 is 0 Å². The van der Waals surface area contributed by atoms with Crippen LogP contribution in [0.3, 0.4) is 0 Å². The normalized spacial score (nSPS) is 16.9. The summed E-state index contributed by atoms with van der Waals surface area (Å²) >= 11 is 0. The highest BCUT2D eigenvalue weighted by Crippen LogP contribution is 2.17. The van der Waals surface area contributed by atoms with E-state index in [4.69, 9.17) is 4.74 Å². The van der Waals surface area contributed by atoms with Crippen molar-refractivity contribution in [3.63, 3.8) is 0 Å². The molecule has 0 aromatic carbocycles. The van der Waals surface area contributed by atoms with Gasteiger partial charge in [-0.1, -0.05) is 0 Å². The number of cyclic esters (lactones) is 1. The van der Waals surface area contributed by atoms with Gasteiger partial charge < -0.3 is 19.9 Å². The predicted octanol–water partition coefficient (Wildman–Crippen LogP) is 0.716. The molecule has 0 aliphatic carbocycles. The van der Waals surface area contributed by atoms with Gasteiger partial charge in [0.2, 0.25) is 5.91 Å². The molecule has 2 saturated heterocycles. The molecule has 2 aromatic rings. The Kier molecular flexibility index (Phi) is 5.18. The van der Waals surface area contributed by atoms with Crippen molar-refractivity contribution in [3.8, 4) is 0 Å². The van der Waals surface area contributed by atoms with Gasteiger partial charge in [0.1, 0.15) is 13.2 Å². The lowest BCUT2D eigenvalue weighted by atomic mass is 10.3. The maximum absolute atomic E-state index is 12.4. The predicted molar refractivity (Wildman–Crippen MR) is 101 cm³/mol. The number of hydrogen-bond donors (Lipinski definition) is 1. The number of nitrogens with zero attached hydrogens (tertiary/aromatic N) is 6. The molecule has 4 heterocycles. The Morgan fingerprint density at radius 3 is 2.61 bits per heavy atom. The summed E-state index contributed by atoms with van der Waals surface area (Å²) in [6, 6.07) is 7.52. The van der Waals surface area contributed by atoms with Crippen LogP contribution in [-0.2, 0) is 9.53 Å². The second-order valence-electron chi connectivity index (χ2n) is 6.55. The van der Waals surface area contributed by atoms with Gasteiger partial charge in [0.15, 0.2) is 11.6 Å². The molecule has 146 valence electrons. The first kappa shape index (κ1) is 18.0. The molecule has 4 rings (SSSR count). The zero-order chi connectivity index (χ0) is 19.3. The van der Waals surface area contributed by atoms with E-state index in [0.29, 0.717) is 45.1 Å². The van der Waals surface area contributed by atoms with E-state index in [1.54, 1.807) is 17.3 Å². The minimum absolute atomic E-state index is 0.0550. The molecule has 0 saturated carbocycles. The van der Waals surface area contributed by atoms with Crippen molar-refractivity contribution in [3.05, 3.63) is 36.7 Å². The Labute approximate surface area is 162 Å². The number of amides is 2. The van der Waals surface area contributed by atoms with Crippen LogP contribution in [0.25, 0.3) is 0 Å². The van der Waals surface area contributed by atoms with Crippen LogP contribution in [-0.4, -0.2) is 82.9 Å². The number of anilines is 3. The lowest BCUT2D eigenvalue weighted by Crippen LogP contribution is -2.51. The summed E-state index contributed by atoms with van der Waals surface area (Å²) in [5.74, 6) is 1.36. The molecule has 28 heavy (non-hydrogen) atoms. The van der Waals surface area contributed by atoms with Crippen LogP contribution in [0, 0.1) is 0 Å². The first-order valence-electron chi connectivity index (χ1n) is 9.14. The number of pyridine rings is 1. The van der Waals surface area contributed by atoms with Gasteiger partial charge in [0.05, 0.1) is 18.4 Å². The number of rotatable bonds is 5. The molecule has 1 N–H and O–H groups in total. The first-order valence-corrected chi connectivity index (χ1v) is 9.14. The van der Waals surface area contributed by atoms with Crippen LogP contribution in [0.2, 0.25) is 0 Å². The monoisotopic (exact) mass is 383 g/mol. The van der Waals surface area contributed by atoms with Gasteiger partial charge in [-0.05, 0) is 24.3 Å². The van der Waals surface area contributed by atoms with Gasteiger partial charge in [-0.25, -0.2) is 4.79 Å². The molecule has 2 aliphatic heterocycles. The maximum Gasteiger partial charge on any atom is 0.410 e. The van der Waals surface area contributed by atoms with Crippen LogP contribution >= 0.6 is 0 Å². The molecule has 0 atom stereocenters. The third-order valence-electron chi connectivity index (χ3n) is 4.71. The minimum atomic E-state index is -0.415. The molecule has 10 heteroatoms. The highest BCUT2D eigenvalue weighted by atomic mass is 16.6. The molecular weight excluding hydrogens is 362 g/mol. The number of carbonyl (C=O) groups excluding carboxylic acids is 2. The third-order valence-corrected chi connectivity index (χ3v) is 4.71. The van der Waals surface area contributed by atoms with Crippen LogP contribution in [0.1, 0.15) is 0 Å². The standard InChI is InChI=1S/C18H21N7O3/c26-17(13-25-10-11-28-18(25)27)24-8-6-23(7-9-24)16-4-3-15(21-22-16)20-14-2-1-5-19-12-14/h1-5,12H,6-11,13H2,(H,20,21). The Morgan fingerprint density at radius 2 is 1.96 bits per heavy atom. The van der Waals surface area contributed by atoms with Crippen LogP contribution in [0.5, 0.6) is 0 Å². The Bertz CT molecular complexity index is 823. The molecule has 2 amide bonds. The van der Waals surface area contributed by atoms with Gasteiger partial charge >= 0.3 is 6.09 Å². The van der Waals surface area contributed by atoms with Crippen molar-refractivity contribution in [2.24, 2.45) is 0 Å². The molecule has 2 fully saturated rings. The van der Waals surface area contributed by atoms with Crippen LogP contribution < -0.4 is 10.2 Å². The molecule has 0 spiro atoms. The van der Waals surface area contributed by atoms with E-state index < -0.39 is 6.09 Å². The van der Waals surface area contributed by atoms with Crippen molar-refractivity contribution in [2.45, 2.75) is 0 Å². The number of nitrogens with one attached hydrogen (secondary N) is 1. The number of carbonyl (C=O) groups is 2. The molecule has 2 aromatic heterocycles. The second kappa shape index (κ2) is 8.07. The zero-order valence-corrected chi connectivity index (χ0v) is 15.3. The van der Waals surface area contributed by atoms with E-state index in [0.717, 1.165) is 11.5 Å². The summed E-state index contributed by atoms with van der Waals surface area (Å²) in [6.07, 6.45) is 3.01. The Balaban J connectivity index is 1.28. The molecule has 0 unspecified atom stereocenters. The van der Waals surface area contributed by atoms with E-state index in [1.165, 1.54) is 4.90 Å². The summed E-state index contributed by atoms with van der Waals surface area (Å²) in [7, 11) is 0. The van der Waals surface area contributed by atoms with Crippen molar-refractivity contribution in [1.29, 1.82) is 0 Å². The number of piperazine rings is 1. The Morgan fingerprint density at radius 1 is 1.11 bits per heavy atom. The fourth-order valence-electron chi connectivity index (χ4n) is 3.16.